The molecule has 0 amide bonds. The molecule has 0 aliphatic rings. The highest BCUT2D eigenvalue weighted by atomic mass is 16.7. The molecule has 2 unspecified atom stereocenters. The van der Waals surface area contributed by atoms with Crippen LogP contribution in [0.1, 0.15) is 13.8 Å². The first-order valence-electron chi connectivity index (χ1n) is 11.0. The standard InChI is InChI=1S/C18H14N10O15/c1-5(29)19-13-9(25(35)36)3-7(23(31)32)11(15(13)27(39)40)17-21-22-18(43-17)12-8(24(33)34)4-10(26(37)38)14(20-6(2)30)16(12)28(41)42/h3-6,19-20,29-30H,1-2H3. The van der Waals surface area contributed by atoms with Crippen LogP contribution in [0.3, 0.4) is 0 Å². The number of aromatic nitrogens is 2. The average Bonchev–Trinajstić information content (AvgIpc) is 3.35. The van der Waals surface area contributed by atoms with Crippen LogP contribution in [-0.2, 0) is 0 Å². The molecule has 25 heteroatoms. The Morgan fingerprint density at radius 2 is 0.907 bits per heavy atom. The fraction of sp³-hybridized carbons (Fsp3) is 0.222. The molecule has 3 aromatic rings. The first-order chi connectivity index (χ1) is 20.0. The molecule has 3 rings (SSSR count). The van der Waals surface area contributed by atoms with Crippen molar-refractivity contribution in [2.75, 3.05) is 10.6 Å². The number of nitrogens with one attached hydrogen (secondary N) is 2. The lowest BCUT2D eigenvalue weighted by molar-refractivity contribution is -0.401. The van der Waals surface area contributed by atoms with Gasteiger partial charge in [0.2, 0.25) is 0 Å². The van der Waals surface area contributed by atoms with Crippen molar-refractivity contribution in [3.05, 3.63) is 72.8 Å². The van der Waals surface area contributed by atoms with Crippen molar-refractivity contribution >= 4 is 45.5 Å². The highest BCUT2D eigenvalue weighted by Gasteiger charge is 2.43. The molecule has 0 saturated heterocycles. The summed E-state index contributed by atoms with van der Waals surface area (Å²) in [6, 6.07) is 0.497. The van der Waals surface area contributed by atoms with Gasteiger partial charge in [-0.25, -0.2) is 0 Å². The number of anilines is 2. The minimum Gasteiger partial charge on any atom is -0.415 e. The van der Waals surface area contributed by atoms with Crippen LogP contribution < -0.4 is 10.6 Å². The van der Waals surface area contributed by atoms with Gasteiger partial charge in [-0.3, -0.25) is 60.7 Å². The molecular weight excluding hydrogens is 596 g/mol. The van der Waals surface area contributed by atoms with Crippen LogP contribution in [0.5, 0.6) is 0 Å². The molecule has 0 bridgehead atoms. The molecule has 0 fully saturated rings. The largest absolute Gasteiger partial charge is 0.415 e. The minimum absolute atomic E-state index is 0.248. The Kier molecular flexibility index (Phi) is 8.33. The number of rotatable bonds is 12. The van der Waals surface area contributed by atoms with Crippen molar-refractivity contribution in [2.24, 2.45) is 0 Å². The Morgan fingerprint density at radius 1 is 0.605 bits per heavy atom. The van der Waals surface area contributed by atoms with Crippen LogP contribution in [0.4, 0.5) is 45.5 Å². The number of hydrogen-bond acceptors (Lipinski definition) is 19. The molecule has 0 aliphatic carbocycles. The van der Waals surface area contributed by atoms with Gasteiger partial charge in [0.1, 0.15) is 12.5 Å². The predicted molar refractivity (Wildman–Crippen MR) is 136 cm³/mol. The molecule has 0 radical (unpaired) electrons. The zero-order valence-electron chi connectivity index (χ0n) is 21.1. The second-order valence-corrected chi connectivity index (χ2v) is 8.12. The molecule has 4 N–H and O–H groups in total. The van der Waals surface area contributed by atoms with Gasteiger partial charge in [-0.1, -0.05) is 0 Å². The Hall–Kier alpha value is -6.50. The van der Waals surface area contributed by atoms with Crippen LogP contribution in [0.2, 0.25) is 0 Å². The summed E-state index contributed by atoms with van der Waals surface area (Å²) in [6.07, 6.45) is -3.40. The van der Waals surface area contributed by atoms with Crippen molar-refractivity contribution < 1.29 is 44.2 Å². The quantitative estimate of drug-likeness (QED) is 0.130. The molecule has 2 atom stereocenters. The van der Waals surface area contributed by atoms with Gasteiger partial charge in [0.15, 0.2) is 22.5 Å². The third-order valence-corrected chi connectivity index (χ3v) is 5.23. The van der Waals surface area contributed by atoms with E-state index in [-0.39, 0.29) is 12.1 Å². The van der Waals surface area contributed by atoms with Gasteiger partial charge in [-0.2, -0.15) is 0 Å². The van der Waals surface area contributed by atoms with E-state index in [1.54, 1.807) is 0 Å². The van der Waals surface area contributed by atoms with E-state index in [0.717, 1.165) is 13.8 Å². The molecule has 226 valence electrons. The van der Waals surface area contributed by atoms with Crippen molar-refractivity contribution in [3.63, 3.8) is 0 Å². The normalized spacial score (nSPS) is 12.2. The number of nitro groups is 6. The molecule has 2 aromatic carbocycles. The van der Waals surface area contributed by atoms with Crippen LogP contribution >= 0.6 is 0 Å². The van der Waals surface area contributed by atoms with E-state index in [1.165, 1.54) is 0 Å². The highest BCUT2D eigenvalue weighted by Crippen LogP contribution is 2.51. The van der Waals surface area contributed by atoms with Gasteiger partial charge in [0.25, 0.3) is 23.2 Å². The van der Waals surface area contributed by atoms with E-state index >= 15 is 0 Å². The fourth-order valence-corrected chi connectivity index (χ4v) is 3.77. The maximum atomic E-state index is 12.0. The zero-order chi connectivity index (χ0) is 32.5. The third kappa shape index (κ3) is 5.85. The monoisotopic (exact) mass is 610 g/mol. The van der Waals surface area contributed by atoms with Crippen molar-refractivity contribution in [1.29, 1.82) is 0 Å². The Bertz CT molecular complexity index is 1590. The summed E-state index contributed by atoms with van der Waals surface area (Å²) in [5.41, 5.74) is -12.6. The summed E-state index contributed by atoms with van der Waals surface area (Å²) < 4.78 is 5.18. The molecule has 0 aliphatic heterocycles. The lowest BCUT2D eigenvalue weighted by Crippen LogP contribution is -2.17. The zero-order valence-corrected chi connectivity index (χ0v) is 21.1. The first-order valence-corrected chi connectivity index (χ1v) is 11.0. The molecule has 43 heavy (non-hydrogen) atoms. The molecule has 0 saturated carbocycles. The van der Waals surface area contributed by atoms with Crippen LogP contribution in [0.25, 0.3) is 22.9 Å². The summed E-state index contributed by atoms with van der Waals surface area (Å²) in [5.74, 6) is -2.41. The second kappa shape index (κ2) is 11.5. The van der Waals surface area contributed by atoms with Gasteiger partial charge in [-0.15, -0.1) is 10.2 Å². The van der Waals surface area contributed by atoms with Crippen molar-refractivity contribution in [3.8, 4) is 22.9 Å². The maximum absolute atomic E-state index is 12.0. The number of benzene rings is 2. The van der Waals surface area contributed by atoms with Gasteiger partial charge < -0.3 is 25.3 Å². The minimum atomic E-state index is -1.70. The van der Waals surface area contributed by atoms with Crippen LogP contribution in [0, 0.1) is 60.7 Å². The van der Waals surface area contributed by atoms with E-state index < -0.39 is 110 Å². The average molecular weight is 610 g/mol. The highest BCUT2D eigenvalue weighted by molar-refractivity contribution is 5.93. The Morgan fingerprint density at radius 3 is 1.14 bits per heavy atom. The smallest absolute Gasteiger partial charge is 0.319 e. The molecule has 25 nitrogen and oxygen atoms in total. The predicted octanol–water partition coefficient (Wildman–Crippen LogP) is 2.35. The van der Waals surface area contributed by atoms with Gasteiger partial charge >= 0.3 is 22.7 Å². The van der Waals surface area contributed by atoms with Crippen molar-refractivity contribution in [2.45, 2.75) is 26.3 Å². The summed E-state index contributed by atoms with van der Waals surface area (Å²) in [6.45, 7) is 1.98. The number of aliphatic hydroxyl groups excluding tert-OH is 2. The number of hydrogen-bond donors (Lipinski definition) is 4. The Balaban J connectivity index is 2.52. The van der Waals surface area contributed by atoms with Crippen LogP contribution in [-0.4, -0.2) is 62.4 Å². The second-order valence-electron chi connectivity index (χ2n) is 8.12. The van der Waals surface area contributed by atoms with Gasteiger partial charge in [0, 0.05) is 0 Å². The lowest BCUT2D eigenvalue weighted by Gasteiger charge is -2.12. The summed E-state index contributed by atoms with van der Waals surface area (Å²) >= 11 is 0. The van der Waals surface area contributed by atoms with Crippen LogP contribution in [0.15, 0.2) is 16.5 Å². The van der Waals surface area contributed by atoms with E-state index in [2.05, 4.69) is 10.2 Å². The molecule has 1 aromatic heterocycles. The van der Waals surface area contributed by atoms with Gasteiger partial charge in [0.05, 0.1) is 41.7 Å². The van der Waals surface area contributed by atoms with E-state index in [1.807, 2.05) is 10.6 Å². The van der Waals surface area contributed by atoms with E-state index in [0.29, 0.717) is 0 Å². The SMILES string of the molecule is CC(O)Nc1c([N+](=O)[O-])cc([N+](=O)[O-])c(-c2nnc(-c3c([N+](=O)[O-])cc([N+](=O)[O-])c(NC(C)O)c3[N+](=O)[O-])o2)c1[N+](=O)[O-]. The molecule has 1 heterocycles. The summed E-state index contributed by atoms with van der Waals surface area (Å²) in [4.78, 5) is 63.0. The topological polar surface area (TPSA) is 362 Å². The number of nitro benzene ring substituents is 6. The fourth-order valence-electron chi connectivity index (χ4n) is 3.77. The number of nitrogens with zero attached hydrogens (tertiary/aromatic N) is 8. The Labute approximate surface area is 233 Å². The lowest BCUT2D eigenvalue weighted by atomic mass is 10.1. The van der Waals surface area contributed by atoms with E-state index in [4.69, 9.17) is 4.42 Å². The summed E-state index contributed by atoms with van der Waals surface area (Å²) in [5, 5.41) is 101. The third-order valence-electron chi connectivity index (χ3n) is 5.23. The molecule has 0 spiro atoms. The van der Waals surface area contributed by atoms with Crippen molar-refractivity contribution in [1.82, 2.24) is 10.2 Å². The number of aliphatic hydroxyl groups is 2. The summed E-state index contributed by atoms with van der Waals surface area (Å²) in [7, 11) is 0. The van der Waals surface area contributed by atoms with Gasteiger partial charge in [-0.05, 0) is 13.8 Å². The molecular formula is C18H14N10O15. The first kappa shape index (κ1) is 31.0. The van der Waals surface area contributed by atoms with E-state index in [9.17, 15) is 70.9 Å². The maximum Gasteiger partial charge on any atom is 0.319 e.